The van der Waals surface area contributed by atoms with Gasteiger partial charge in [0.2, 0.25) is 0 Å². The summed E-state index contributed by atoms with van der Waals surface area (Å²) in [7, 11) is 0. The van der Waals surface area contributed by atoms with Crippen LogP contribution in [-0.2, 0) is 6.54 Å². The maximum absolute atomic E-state index is 14.0. The Labute approximate surface area is 193 Å². The van der Waals surface area contributed by atoms with Crippen molar-refractivity contribution in [3.63, 3.8) is 0 Å². The molecule has 1 aromatic heterocycles. The van der Waals surface area contributed by atoms with E-state index >= 15 is 0 Å². The lowest BCUT2D eigenvalue weighted by atomic mass is 10.1. The first-order chi connectivity index (χ1) is 16.3. The van der Waals surface area contributed by atoms with Crippen molar-refractivity contribution in [2.75, 3.05) is 5.32 Å². The molecule has 0 atom stereocenters. The van der Waals surface area contributed by atoms with Gasteiger partial charge in [-0.05, 0) is 36.2 Å². The van der Waals surface area contributed by atoms with E-state index in [0.717, 1.165) is 16.7 Å². The Balaban J connectivity index is 1.62. The third-order valence-corrected chi connectivity index (χ3v) is 5.21. The van der Waals surface area contributed by atoms with Crippen LogP contribution in [-0.4, -0.2) is 20.8 Å². The first-order valence-electron chi connectivity index (χ1n) is 10.4. The van der Waals surface area contributed by atoms with Crippen LogP contribution in [0.5, 0.6) is 0 Å². The average molecular weight is 460 g/mol. The van der Waals surface area contributed by atoms with Gasteiger partial charge < -0.3 is 15.8 Å². The van der Waals surface area contributed by atoms with E-state index in [2.05, 4.69) is 15.6 Å². The molecule has 0 unspecified atom stereocenters. The summed E-state index contributed by atoms with van der Waals surface area (Å²) < 4.78 is 13.8. The van der Waals surface area contributed by atoms with E-state index in [1.807, 2.05) is 42.5 Å². The van der Waals surface area contributed by atoms with Gasteiger partial charge in [-0.1, -0.05) is 64.9 Å². The van der Waals surface area contributed by atoms with Gasteiger partial charge in [0.05, 0.1) is 0 Å². The fourth-order valence-electron chi connectivity index (χ4n) is 3.46. The highest BCUT2D eigenvalue weighted by atomic mass is 19.1. The van der Waals surface area contributed by atoms with Gasteiger partial charge in [-0.15, -0.1) is 0 Å². The summed E-state index contributed by atoms with van der Waals surface area (Å²) in [6.45, 7) is 1.59. The third-order valence-electron chi connectivity index (χ3n) is 5.21. The number of aromatic nitrogens is 2. The Hall–Kier alpha value is -4.66. The number of nitrogens with zero attached hydrogens (tertiary/aromatic N) is 1. The molecular formula is C25H21FN4O4. The van der Waals surface area contributed by atoms with Crippen molar-refractivity contribution in [3.8, 4) is 11.1 Å². The van der Waals surface area contributed by atoms with Crippen LogP contribution in [0, 0.1) is 12.7 Å². The van der Waals surface area contributed by atoms with E-state index in [1.54, 1.807) is 31.2 Å². The van der Waals surface area contributed by atoms with E-state index in [4.69, 9.17) is 0 Å². The Bertz CT molecular complexity index is 1460. The number of H-pyrrole nitrogens is 1. The molecule has 172 valence electrons. The molecule has 4 rings (SSSR count). The van der Waals surface area contributed by atoms with Crippen LogP contribution in [0.25, 0.3) is 11.1 Å². The topological polar surface area (TPSA) is 116 Å². The summed E-state index contributed by atoms with van der Waals surface area (Å²) in [6.07, 6.45) is 0. The first kappa shape index (κ1) is 22.5. The van der Waals surface area contributed by atoms with Gasteiger partial charge in [-0.3, -0.25) is 14.6 Å². The minimum absolute atomic E-state index is 0.189. The molecule has 0 bridgehead atoms. The minimum Gasteiger partial charge on any atom is -0.421 e. The average Bonchev–Trinajstić information content (AvgIpc) is 2.84. The fourth-order valence-corrected chi connectivity index (χ4v) is 3.46. The van der Waals surface area contributed by atoms with Crippen molar-refractivity contribution in [1.82, 2.24) is 15.0 Å². The van der Waals surface area contributed by atoms with Gasteiger partial charge in [0.15, 0.2) is 0 Å². The molecule has 3 aromatic carbocycles. The molecule has 1 heterocycles. The Kier molecular flexibility index (Phi) is 6.26. The molecule has 34 heavy (non-hydrogen) atoms. The molecule has 1 amide bonds. The zero-order valence-electron chi connectivity index (χ0n) is 18.1. The second-order valence-corrected chi connectivity index (χ2v) is 7.64. The summed E-state index contributed by atoms with van der Waals surface area (Å²) in [5.74, 6) is -1.60. The number of hydrogen-bond donors (Lipinski definition) is 4. The summed E-state index contributed by atoms with van der Waals surface area (Å²) in [6, 6.07) is 21.2. The molecule has 0 aliphatic heterocycles. The summed E-state index contributed by atoms with van der Waals surface area (Å²) >= 11 is 0. The molecule has 8 nitrogen and oxygen atoms in total. The standard InChI is InChI=1S/C25H21FN4O4/c1-15-7-12-20(26)18(13-15)14-27-23(31)21-22(29-25(33)30(34)24(21)32)28-19-10-8-17(9-11-19)16-5-3-2-4-6-16/h2-13,28,34H,14H2,1H3,(H,27,31)(H,29,33). The maximum Gasteiger partial charge on any atom is 0.363 e. The van der Waals surface area contributed by atoms with Gasteiger partial charge in [-0.2, -0.15) is 0 Å². The largest absolute Gasteiger partial charge is 0.421 e. The van der Waals surface area contributed by atoms with Crippen LogP contribution in [0.2, 0.25) is 0 Å². The normalized spacial score (nSPS) is 10.6. The van der Waals surface area contributed by atoms with Gasteiger partial charge in [-0.25, -0.2) is 9.18 Å². The van der Waals surface area contributed by atoms with E-state index < -0.39 is 28.5 Å². The van der Waals surface area contributed by atoms with Crippen LogP contribution in [0.3, 0.4) is 0 Å². The smallest absolute Gasteiger partial charge is 0.363 e. The van der Waals surface area contributed by atoms with Crippen molar-refractivity contribution >= 4 is 17.4 Å². The zero-order valence-corrected chi connectivity index (χ0v) is 18.1. The number of benzene rings is 3. The zero-order chi connectivity index (χ0) is 24.2. The molecule has 4 aromatic rings. The highest BCUT2D eigenvalue weighted by molar-refractivity contribution is 5.99. The lowest BCUT2D eigenvalue weighted by Gasteiger charge is -2.13. The van der Waals surface area contributed by atoms with Crippen molar-refractivity contribution in [2.45, 2.75) is 13.5 Å². The van der Waals surface area contributed by atoms with E-state index in [9.17, 15) is 24.0 Å². The Morgan fingerprint density at radius 2 is 1.68 bits per heavy atom. The summed E-state index contributed by atoms with van der Waals surface area (Å²) in [5.41, 5.74) is 0.620. The number of carbonyl (C=O) groups excluding carboxylic acids is 1. The molecule has 0 saturated carbocycles. The molecule has 4 N–H and O–H groups in total. The van der Waals surface area contributed by atoms with Gasteiger partial charge >= 0.3 is 11.2 Å². The van der Waals surface area contributed by atoms with Crippen LogP contribution in [0.15, 0.2) is 82.4 Å². The number of aryl methyl sites for hydroxylation is 1. The van der Waals surface area contributed by atoms with E-state index in [1.165, 1.54) is 6.07 Å². The Morgan fingerprint density at radius 3 is 2.38 bits per heavy atom. The second kappa shape index (κ2) is 9.45. The van der Waals surface area contributed by atoms with E-state index in [0.29, 0.717) is 5.69 Å². The van der Waals surface area contributed by atoms with Crippen LogP contribution < -0.4 is 21.9 Å². The number of anilines is 2. The van der Waals surface area contributed by atoms with Crippen LogP contribution >= 0.6 is 0 Å². The number of carbonyl (C=O) groups is 1. The SMILES string of the molecule is Cc1ccc(F)c(CNC(=O)c2c(Nc3ccc(-c4ccccc4)cc3)[nH]c(=O)n(O)c2=O)c1. The Morgan fingerprint density at radius 1 is 1.00 bits per heavy atom. The lowest BCUT2D eigenvalue weighted by Crippen LogP contribution is -2.40. The third kappa shape index (κ3) is 4.73. The lowest BCUT2D eigenvalue weighted by molar-refractivity contribution is 0.0939. The number of amides is 1. The molecule has 0 spiro atoms. The monoisotopic (exact) mass is 460 g/mol. The molecule has 0 radical (unpaired) electrons. The molecule has 0 saturated heterocycles. The number of hydrogen-bond acceptors (Lipinski definition) is 5. The van der Waals surface area contributed by atoms with Crippen molar-refractivity contribution in [3.05, 3.63) is 116 Å². The number of rotatable bonds is 6. The quantitative estimate of drug-likeness (QED) is 0.328. The molecular weight excluding hydrogens is 439 g/mol. The predicted octanol–water partition coefficient (Wildman–Crippen LogP) is 3.56. The molecule has 0 aliphatic rings. The van der Waals surface area contributed by atoms with Crippen LogP contribution in [0.1, 0.15) is 21.5 Å². The number of nitrogens with one attached hydrogen (secondary N) is 3. The van der Waals surface area contributed by atoms with Crippen molar-refractivity contribution < 1.29 is 14.4 Å². The maximum atomic E-state index is 14.0. The van der Waals surface area contributed by atoms with E-state index in [-0.39, 0.29) is 22.7 Å². The van der Waals surface area contributed by atoms with Gasteiger partial charge in [0.1, 0.15) is 17.2 Å². The van der Waals surface area contributed by atoms with Gasteiger partial charge in [0.25, 0.3) is 5.91 Å². The highest BCUT2D eigenvalue weighted by Gasteiger charge is 2.21. The summed E-state index contributed by atoms with van der Waals surface area (Å²) in [4.78, 5) is 39.6. The predicted molar refractivity (Wildman–Crippen MR) is 126 cm³/mol. The summed E-state index contributed by atoms with van der Waals surface area (Å²) in [5, 5.41) is 15.1. The highest BCUT2D eigenvalue weighted by Crippen LogP contribution is 2.23. The fraction of sp³-hybridized carbons (Fsp3) is 0.0800. The number of halogens is 1. The minimum atomic E-state index is -1.21. The van der Waals surface area contributed by atoms with Gasteiger partial charge in [0, 0.05) is 17.8 Å². The number of aromatic amines is 1. The van der Waals surface area contributed by atoms with Crippen LogP contribution in [0.4, 0.5) is 15.9 Å². The van der Waals surface area contributed by atoms with Crippen molar-refractivity contribution in [1.29, 1.82) is 0 Å². The van der Waals surface area contributed by atoms with Crippen molar-refractivity contribution in [2.24, 2.45) is 0 Å². The molecule has 0 aliphatic carbocycles. The molecule has 0 fully saturated rings. The first-order valence-corrected chi connectivity index (χ1v) is 10.4. The molecule has 9 heteroatoms. The second-order valence-electron chi connectivity index (χ2n) is 7.64.